The van der Waals surface area contributed by atoms with Gasteiger partial charge in [0.1, 0.15) is 6.07 Å². The lowest BCUT2D eigenvalue weighted by molar-refractivity contribution is -0.120. The summed E-state index contributed by atoms with van der Waals surface area (Å²) in [4.78, 5) is 11.5. The number of nitrogens with one attached hydrogen (secondary N) is 2. The molecule has 3 heterocycles. The van der Waals surface area contributed by atoms with E-state index in [1.807, 2.05) is 16.6 Å². The molecule has 3 aliphatic carbocycles. The third kappa shape index (κ3) is 5.21. The highest BCUT2D eigenvalue weighted by Crippen LogP contribution is 2.55. The summed E-state index contributed by atoms with van der Waals surface area (Å²) in [5.74, 6) is 0.611. The van der Waals surface area contributed by atoms with Crippen molar-refractivity contribution in [3.8, 4) is 17.3 Å². The molecule has 0 atom stereocenters. The Bertz CT molecular complexity index is 1600. The van der Waals surface area contributed by atoms with Gasteiger partial charge in [0.05, 0.1) is 28.7 Å². The average Bonchev–Trinajstić information content (AvgIpc) is 3.64. The predicted octanol–water partition coefficient (Wildman–Crippen LogP) is 6.64. The third-order valence-corrected chi connectivity index (χ3v) is 10.2. The first kappa shape index (κ1) is 26.9. The maximum Gasteiger partial charge on any atom is 0.217 e. The normalized spacial score (nSPS) is 25.9. The Morgan fingerprint density at radius 3 is 2.57 bits per heavy atom. The molecule has 216 valence electrons. The molecule has 3 fully saturated rings. The van der Waals surface area contributed by atoms with Crippen LogP contribution in [0.4, 0.5) is 5.69 Å². The second-order valence-corrected chi connectivity index (χ2v) is 13.0. The zero-order chi connectivity index (χ0) is 28.7. The van der Waals surface area contributed by atoms with Gasteiger partial charge in [0.2, 0.25) is 5.91 Å². The van der Waals surface area contributed by atoms with Crippen LogP contribution in [0.2, 0.25) is 0 Å². The minimum atomic E-state index is 0.0885. The molecule has 3 aromatic rings. The second-order valence-electron chi connectivity index (χ2n) is 13.0. The van der Waals surface area contributed by atoms with Crippen molar-refractivity contribution in [1.29, 1.82) is 5.26 Å². The molecule has 1 spiro atoms. The van der Waals surface area contributed by atoms with Crippen LogP contribution >= 0.6 is 0 Å². The number of nitriles is 1. The Morgan fingerprint density at radius 2 is 1.81 bits per heavy atom. The van der Waals surface area contributed by atoms with Gasteiger partial charge in [-0.05, 0) is 81.0 Å². The van der Waals surface area contributed by atoms with E-state index in [0.29, 0.717) is 29.0 Å². The van der Waals surface area contributed by atoms with E-state index in [2.05, 4.69) is 46.1 Å². The Kier molecular flexibility index (Phi) is 7.05. The number of hydrogen-bond acceptors (Lipinski definition) is 6. The number of aromatic nitrogens is 2. The molecule has 0 unspecified atom stereocenters. The number of carbonyl (C=O) groups excluding carboxylic acids is 1. The Hall–Kier alpha value is -3.99. The molecule has 1 aromatic carbocycles. The predicted molar refractivity (Wildman–Crippen MR) is 166 cm³/mol. The highest BCUT2D eigenvalue weighted by Gasteiger charge is 2.48. The zero-order valence-electron chi connectivity index (χ0n) is 24.4. The first-order valence-corrected chi connectivity index (χ1v) is 15.7. The van der Waals surface area contributed by atoms with E-state index in [4.69, 9.17) is 10.2 Å². The van der Waals surface area contributed by atoms with Crippen LogP contribution in [0.25, 0.3) is 16.8 Å². The molecule has 0 radical (unpaired) electrons. The van der Waals surface area contributed by atoms with E-state index in [1.54, 1.807) is 13.1 Å². The van der Waals surface area contributed by atoms with Crippen LogP contribution in [0.15, 0.2) is 52.8 Å². The minimum Gasteiger partial charge on any atom is -0.382 e. The molecule has 1 aliphatic heterocycles. The van der Waals surface area contributed by atoms with Crippen molar-refractivity contribution in [2.24, 2.45) is 21.5 Å². The first-order chi connectivity index (χ1) is 20.5. The molecule has 2 aromatic heterocycles. The van der Waals surface area contributed by atoms with E-state index < -0.39 is 0 Å². The SMILES string of the molecule is CC(=O)NC1CCC2(CC1)CC(C1=NN=C(c3ccc(-c4ccc5cc(C#N)cnn45)cc3NC3CCCCC3)C1)C2. The van der Waals surface area contributed by atoms with Crippen LogP contribution in [0.3, 0.4) is 0 Å². The monoisotopic (exact) mass is 561 g/mol. The summed E-state index contributed by atoms with van der Waals surface area (Å²) in [6.07, 6.45) is 15.7. The maximum atomic E-state index is 11.5. The van der Waals surface area contributed by atoms with Crippen molar-refractivity contribution in [2.45, 2.75) is 96.1 Å². The summed E-state index contributed by atoms with van der Waals surface area (Å²) in [7, 11) is 0. The highest BCUT2D eigenvalue weighted by atomic mass is 16.1. The van der Waals surface area contributed by atoms with Crippen LogP contribution in [0, 0.1) is 22.7 Å². The van der Waals surface area contributed by atoms with Crippen molar-refractivity contribution in [1.82, 2.24) is 14.9 Å². The fourth-order valence-corrected chi connectivity index (χ4v) is 7.85. The maximum absolute atomic E-state index is 11.5. The topological polar surface area (TPSA) is 107 Å². The van der Waals surface area contributed by atoms with Gasteiger partial charge in [-0.15, -0.1) is 0 Å². The molecule has 7 rings (SSSR count). The summed E-state index contributed by atoms with van der Waals surface area (Å²) >= 11 is 0. The van der Waals surface area contributed by atoms with Gasteiger partial charge in [-0.2, -0.15) is 20.6 Å². The summed E-state index contributed by atoms with van der Waals surface area (Å²) in [5.41, 5.74) is 8.57. The van der Waals surface area contributed by atoms with Crippen molar-refractivity contribution in [3.05, 3.63) is 53.7 Å². The molecule has 42 heavy (non-hydrogen) atoms. The first-order valence-electron chi connectivity index (χ1n) is 15.7. The summed E-state index contributed by atoms with van der Waals surface area (Å²) in [6.45, 7) is 1.62. The Labute approximate surface area is 247 Å². The number of carbonyl (C=O) groups is 1. The van der Waals surface area contributed by atoms with Crippen LogP contribution in [-0.4, -0.2) is 39.0 Å². The fourth-order valence-electron chi connectivity index (χ4n) is 7.85. The van der Waals surface area contributed by atoms with Gasteiger partial charge in [0.25, 0.3) is 0 Å². The number of benzene rings is 1. The lowest BCUT2D eigenvalue weighted by Crippen LogP contribution is -2.47. The number of rotatable bonds is 6. The summed E-state index contributed by atoms with van der Waals surface area (Å²) in [6, 6.07) is 15.6. The van der Waals surface area contributed by atoms with Gasteiger partial charge in [0, 0.05) is 53.9 Å². The van der Waals surface area contributed by atoms with Gasteiger partial charge in [-0.25, -0.2) is 4.52 Å². The van der Waals surface area contributed by atoms with Gasteiger partial charge >= 0.3 is 0 Å². The number of anilines is 1. The molecule has 8 nitrogen and oxygen atoms in total. The molecular formula is C34H39N7O. The van der Waals surface area contributed by atoms with E-state index in [9.17, 15) is 10.1 Å². The molecule has 0 saturated heterocycles. The fraction of sp³-hybridized carbons (Fsp3) is 0.500. The minimum absolute atomic E-state index is 0.0885. The number of hydrogen-bond donors (Lipinski definition) is 2. The number of fused-ring (bicyclic) bond motifs is 1. The third-order valence-electron chi connectivity index (χ3n) is 10.2. The molecule has 3 saturated carbocycles. The van der Waals surface area contributed by atoms with Crippen LogP contribution in [0.5, 0.6) is 0 Å². The van der Waals surface area contributed by atoms with Crippen molar-refractivity contribution < 1.29 is 4.79 Å². The molecule has 0 bridgehead atoms. The van der Waals surface area contributed by atoms with E-state index in [-0.39, 0.29) is 5.91 Å². The van der Waals surface area contributed by atoms with Crippen molar-refractivity contribution in [3.63, 3.8) is 0 Å². The van der Waals surface area contributed by atoms with Gasteiger partial charge in [0.15, 0.2) is 0 Å². The van der Waals surface area contributed by atoms with Crippen LogP contribution < -0.4 is 10.6 Å². The molecule has 1 amide bonds. The standard InChI is InChI=1S/C34H39N7O/c1-22(42)37-27-11-13-34(14-12-27)18-25(19-34)30-17-32(40-39-30)29-9-7-24(16-31(29)38-26-5-3-2-4-6-26)33-10-8-28-15-23(20-35)21-36-41(28)33/h7-10,15-16,21,25-27,38H,2-6,11-14,17-19H2,1H3,(H,37,42). The number of nitrogens with zero attached hydrogens (tertiary/aromatic N) is 5. The summed E-state index contributed by atoms with van der Waals surface area (Å²) in [5, 5.41) is 30.3. The smallest absolute Gasteiger partial charge is 0.217 e. The molecular weight excluding hydrogens is 522 g/mol. The van der Waals surface area contributed by atoms with Gasteiger partial charge in [-0.1, -0.05) is 31.4 Å². The second kappa shape index (κ2) is 11.0. The van der Waals surface area contributed by atoms with E-state index in [0.717, 1.165) is 53.0 Å². The molecule has 8 heteroatoms. The summed E-state index contributed by atoms with van der Waals surface area (Å²) < 4.78 is 1.91. The molecule has 4 aliphatic rings. The Morgan fingerprint density at radius 1 is 1.00 bits per heavy atom. The lowest BCUT2D eigenvalue weighted by atomic mass is 9.54. The quantitative estimate of drug-likeness (QED) is 0.352. The Balaban J connectivity index is 1.08. The molecule has 2 N–H and O–H groups in total. The highest BCUT2D eigenvalue weighted by molar-refractivity contribution is 6.18. The van der Waals surface area contributed by atoms with Gasteiger partial charge in [-0.3, -0.25) is 4.79 Å². The van der Waals surface area contributed by atoms with Crippen LogP contribution in [0.1, 0.15) is 95.1 Å². The average molecular weight is 562 g/mol. The lowest BCUT2D eigenvalue weighted by Gasteiger charge is -2.51. The van der Waals surface area contributed by atoms with Crippen molar-refractivity contribution >= 4 is 28.5 Å². The van der Waals surface area contributed by atoms with E-state index >= 15 is 0 Å². The number of amides is 1. The largest absolute Gasteiger partial charge is 0.382 e. The van der Waals surface area contributed by atoms with E-state index in [1.165, 1.54) is 63.5 Å². The van der Waals surface area contributed by atoms with Crippen LogP contribution in [-0.2, 0) is 4.79 Å². The van der Waals surface area contributed by atoms with Crippen molar-refractivity contribution in [2.75, 3.05) is 5.32 Å². The van der Waals surface area contributed by atoms with Gasteiger partial charge < -0.3 is 10.6 Å². The zero-order valence-corrected chi connectivity index (χ0v) is 24.4.